The minimum Gasteiger partial charge on any atom is -0.151 e. The van der Waals surface area contributed by atoms with Gasteiger partial charge in [0.05, 0.1) is 10.8 Å². The summed E-state index contributed by atoms with van der Waals surface area (Å²) in [4.78, 5) is 0. The molecule has 3 aliphatic rings. The molecule has 3 heteroatoms. The minimum atomic E-state index is 0.391. The monoisotopic (exact) mass is 194 g/mol. The number of fused-ring (bicyclic) bond motifs is 1. The largest absolute Gasteiger partial charge is 0.151 e. The highest BCUT2D eigenvalue weighted by atomic mass is 35.5. The molecule has 4 unspecified atom stereocenters. The maximum absolute atomic E-state index is 6.19. The van der Waals surface area contributed by atoms with Crippen molar-refractivity contribution in [1.82, 2.24) is 0 Å². The molecule has 4 atom stereocenters. The van der Waals surface area contributed by atoms with Gasteiger partial charge in [-0.2, -0.15) is 11.8 Å². The molecule has 0 aromatic rings. The van der Waals surface area contributed by atoms with E-state index in [0.717, 1.165) is 16.4 Å². The lowest BCUT2D eigenvalue weighted by Gasteiger charge is -2.46. The summed E-state index contributed by atoms with van der Waals surface area (Å²) in [7, 11) is 0. The molecule has 2 aliphatic carbocycles. The average molecular weight is 195 g/mol. The summed E-state index contributed by atoms with van der Waals surface area (Å²) >= 11 is 14.4. The van der Waals surface area contributed by atoms with Gasteiger partial charge in [0.25, 0.3) is 0 Å². The summed E-state index contributed by atoms with van der Waals surface area (Å²) in [6, 6.07) is 0. The van der Waals surface area contributed by atoms with Crippen LogP contribution in [0.4, 0.5) is 0 Å². The van der Waals surface area contributed by atoms with Gasteiger partial charge in [0.1, 0.15) is 0 Å². The van der Waals surface area contributed by atoms with Crippen LogP contribution in [0.3, 0.4) is 0 Å². The van der Waals surface area contributed by atoms with Crippen molar-refractivity contribution in [1.29, 1.82) is 0 Å². The normalized spacial score (nSPS) is 70.2. The molecule has 0 radical (unpaired) electrons. The molecule has 10 heavy (non-hydrogen) atoms. The molecule has 0 N–H and O–H groups in total. The van der Waals surface area contributed by atoms with Crippen LogP contribution in [-0.2, 0) is 0 Å². The Balaban J connectivity index is 2.00. The van der Waals surface area contributed by atoms with Crippen molar-refractivity contribution in [3.05, 3.63) is 0 Å². The molecule has 3 fully saturated rings. The van der Waals surface area contributed by atoms with E-state index in [-0.39, 0.29) is 0 Å². The van der Waals surface area contributed by atoms with Gasteiger partial charge >= 0.3 is 0 Å². The lowest BCUT2D eigenvalue weighted by Crippen LogP contribution is -2.50. The summed E-state index contributed by atoms with van der Waals surface area (Å²) in [6.45, 7) is 0. The SMILES string of the molecule is ClC1C2CC3C1SC3C2Cl. The fourth-order valence-corrected chi connectivity index (χ4v) is 5.69. The van der Waals surface area contributed by atoms with Gasteiger partial charge in [-0.1, -0.05) is 0 Å². The third-order valence-electron chi connectivity index (χ3n) is 3.15. The van der Waals surface area contributed by atoms with Crippen LogP contribution in [-0.4, -0.2) is 21.3 Å². The van der Waals surface area contributed by atoms with Crippen molar-refractivity contribution in [3.63, 3.8) is 0 Å². The topological polar surface area (TPSA) is 0 Å². The van der Waals surface area contributed by atoms with Crippen molar-refractivity contribution >= 4 is 35.0 Å². The van der Waals surface area contributed by atoms with Crippen LogP contribution < -0.4 is 0 Å². The average Bonchev–Trinajstić information content (AvgIpc) is 2.16. The zero-order chi connectivity index (χ0) is 6.88. The molecule has 0 aromatic carbocycles. The maximum Gasteiger partial charge on any atom is 0.0500 e. The molecule has 1 saturated heterocycles. The first kappa shape index (κ1) is 6.45. The zero-order valence-corrected chi connectivity index (χ0v) is 7.66. The van der Waals surface area contributed by atoms with Gasteiger partial charge in [0.2, 0.25) is 0 Å². The first-order valence-corrected chi connectivity index (χ1v) is 5.54. The Labute approximate surface area is 74.6 Å². The van der Waals surface area contributed by atoms with Gasteiger partial charge in [0.15, 0.2) is 0 Å². The standard InChI is InChI=1S/C7H8Cl2S/c8-4-2-1-3-6(4)10-7(3)5(2)9/h2-7H,1H2. The summed E-state index contributed by atoms with van der Waals surface area (Å²) in [5, 5.41) is 2.32. The van der Waals surface area contributed by atoms with Crippen LogP contribution in [0.1, 0.15) is 6.42 Å². The fraction of sp³-hybridized carbons (Fsp3) is 1.00. The maximum atomic E-state index is 6.19. The van der Waals surface area contributed by atoms with Crippen LogP contribution >= 0.6 is 35.0 Å². The molecule has 56 valence electrons. The van der Waals surface area contributed by atoms with Crippen LogP contribution in [0.2, 0.25) is 0 Å². The Morgan fingerprint density at radius 3 is 1.90 bits per heavy atom. The van der Waals surface area contributed by atoms with E-state index < -0.39 is 0 Å². The predicted octanol–water partition coefficient (Wildman–Crippen LogP) is 2.33. The zero-order valence-electron chi connectivity index (χ0n) is 5.34. The quantitative estimate of drug-likeness (QED) is 0.534. The van der Waals surface area contributed by atoms with E-state index in [1.807, 2.05) is 11.8 Å². The Bertz CT molecular complexity index is 164. The highest BCUT2D eigenvalue weighted by Gasteiger charge is 2.64. The minimum absolute atomic E-state index is 0.391. The van der Waals surface area contributed by atoms with Gasteiger partial charge in [-0.25, -0.2) is 0 Å². The lowest BCUT2D eigenvalue weighted by atomic mass is 9.97. The van der Waals surface area contributed by atoms with Gasteiger partial charge in [-0.3, -0.25) is 0 Å². The van der Waals surface area contributed by atoms with Gasteiger partial charge in [-0.15, -0.1) is 23.2 Å². The number of rotatable bonds is 0. The van der Waals surface area contributed by atoms with E-state index in [2.05, 4.69) is 0 Å². The van der Waals surface area contributed by atoms with E-state index >= 15 is 0 Å². The molecule has 1 aliphatic heterocycles. The molecule has 0 spiro atoms. The second kappa shape index (κ2) is 1.81. The van der Waals surface area contributed by atoms with E-state index in [0.29, 0.717) is 16.7 Å². The van der Waals surface area contributed by atoms with Gasteiger partial charge < -0.3 is 0 Å². The highest BCUT2D eigenvalue weighted by Crippen LogP contribution is 2.66. The Hall–Kier alpha value is 0.930. The van der Waals surface area contributed by atoms with E-state index in [1.54, 1.807) is 0 Å². The van der Waals surface area contributed by atoms with Gasteiger partial charge in [0, 0.05) is 10.5 Å². The van der Waals surface area contributed by atoms with E-state index in [9.17, 15) is 0 Å². The molecule has 1 heterocycles. The summed E-state index contributed by atoms with van der Waals surface area (Å²) in [6.07, 6.45) is 1.31. The van der Waals surface area contributed by atoms with Gasteiger partial charge in [-0.05, 0) is 18.3 Å². The highest BCUT2D eigenvalue weighted by molar-refractivity contribution is 8.02. The molecular weight excluding hydrogens is 187 g/mol. The fourth-order valence-electron chi connectivity index (χ4n) is 2.61. The van der Waals surface area contributed by atoms with Crippen LogP contribution in [0.5, 0.6) is 0 Å². The van der Waals surface area contributed by atoms with Crippen LogP contribution in [0.15, 0.2) is 0 Å². The Morgan fingerprint density at radius 1 is 1.00 bits per heavy atom. The van der Waals surface area contributed by atoms with Crippen LogP contribution in [0.25, 0.3) is 0 Å². The summed E-state index contributed by atoms with van der Waals surface area (Å²) < 4.78 is 0. The third kappa shape index (κ3) is 0.518. The van der Waals surface area contributed by atoms with Crippen molar-refractivity contribution < 1.29 is 0 Å². The smallest absolute Gasteiger partial charge is 0.0500 e. The van der Waals surface area contributed by atoms with E-state index in [1.165, 1.54) is 6.42 Å². The number of hydrogen-bond donors (Lipinski definition) is 0. The first-order valence-electron chi connectivity index (χ1n) is 3.72. The van der Waals surface area contributed by atoms with Crippen molar-refractivity contribution in [3.8, 4) is 0 Å². The van der Waals surface area contributed by atoms with Crippen molar-refractivity contribution in [2.75, 3.05) is 0 Å². The number of halogens is 2. The predicted molar refractivity (Wildman–Crippen MR) is 46.0 cm³/mol. The molecule has 0 aromatic heterocycles. The molecule has 0 nitrogen and oxygen atoms in total. The van der Waals surface area contributed by atoms with Crippen molar-refractivity contribution in [2.45, 2.75) is 27.7 Å². The second-order valence-electron chi connectivity index (χ2n) is 3.52. The number of alkyl halides is 2. The second-order valence-corrected chi connectivity index (χ2v) is 5.89. The number of thioether (sulfide) groups is 1. The van der Waals surface area contributed by atoms with E-state index in [4.69, 9.17) is 23.2 Å². The van der Waals surface area contributed by atoms with Crippen LogP contribution in [0, 0.1) is 11.8 Å². The molecule has 3 rings (SSSR count). The third-order valence-corrected chi connectivity index (χ3v) is 6.55. The molecule has 0 amide bonds. The number of hydrogen-bond acceptors (Lipinski definition) is 1. The Kier molecular flexibility index (Phi) is 1.17. The molecule has 2 bridgehead atoms. The Morgan fingerprint density at radius 2 is 1.60 bits per heavy atom. The summed E-state index contributed by atoms with van der Waals surface area (Å²) in [5.41, 5.74) is 0. The molecule has 2 saturated carbocycles. The molecular formula is C7H8Cl2S. The van der Waals surface area contributed by atoms with Crippen molar-refractivity contribution in [2.24, 2.45) is 11.8 Å². The lowest BCUT2D eigenvalue weighted by molar-refractivity contribution is 0.475. The first-order chi connectivity index (χ1) is 4.79. The summed E-state index contributed by atoms with van der Waals surface area (Å²) in [5.74, 6) is 1.53.